The fourth-order valence-corrected chi connectivity index (χ4v) is 1.89. The lowest BCUT2D eigenvalue weighted by molar-refractivity contribution is -0.151. The van der Waals surface area contributed by atoms with E-state index in [0.29, 0.717) is 6.61 Å². The summed E-state index contributed by atoms with van der Waals surface area (Å²) < 4.78 is 9.91. The molecule has 5 heteroatoms. The first-order chi connectivity index (χ1) is 8.06. The predicted octanol–water partition coefficient (Wildman–Crippen LogP) is 0.823. The van der Waals surface area contributed by atoms with Crippen LogP contribution in [0.15, 0.2) is 0 Å². The first-order valence-electron chi connectivity index (χ1n) is 6.01. The van der Waals surface area contributed by atoms with Crippen LogP contribution in [0.1, 0.15) is 26.7 Å². The Morgan fingerprint density at radius 1 is 1.47 bits per heavy atom. The van der Waals surface area contributed by atoms with Gasteiger partial charge in [-0.25, -0.2) is 0 Å². The Hall–Kier alpha value is -1.10. The Morgan fingerprint density at radius 2 is 2.18 bits per heavy atom. The van der Waals surface area contributed by atoms with E-state index in [1.807, 2.05) is 13.8 Å². The van der Waals surface area contributed by atoms with Gasteiger partial charge in [-0.15, -0.1) is 0 Å². The number of hydrogen-bond donors (Lipinski definition) is 0. The minimum atomic E-state index is -0.385. The maximum Gasteiger partial charge on any atom is 0.325 e. The van der Waals surface area contributed by atoms with Crippen LogP contribution < -0.4 is 0 Å². The topological polar surface area (TPSA) is 55.8 Å². The van der Waals surface area contributed by atoms with E-state index < -0.39 is 0 Å². The third-order valence-corrected chi connectivity index (χ3v) is 2.94. The van der Waals surface area contributed by atoms with Gasteiger partial charge in [0, 0.05) is 12.6 Å². The molecule has 98 valence electrons. The maximum absolute atomic E-state index is 12.2. The molecule has 17 heavy (non-hydrogen) atoms. The van der Waals surface area contributed by atoms with Crippen molar-refractivity contribution < 1.29 is 19.1 Å². The van der Waals surface area contributed by atoms with Crippen molar-refractivity contribution in [1.29, 1.82) is 0 Å². The highest BCUT2D eigenvalue weighted by molar-refractivity contribution is 5.84. The number of esters is 1. The first-order valence-corrected chi connectivity index (χ1v) is 6.01. The van der Waals surface area contributed by atoms with Crippen molar-refractivity contribution in [3.63, 3.8) is 0 Å². The molecule has 1 saturated heterocycles. The molecule has 0 bridgehead atoms. The van der Waals surface area contributed by atoms with Crippen LogP contribution in [0.2, 0.25) is 0 Å². The molecule has 1 rings (SSSR count). The number of rotatable bonds is 4. The van der Waals surface area contributed by atoms with Crippen molar-refractivity contribution in [2.24, 2.45) is 5.92 Å². The minimum Gasteiger partial charge on any atom is -0.468 e. The highest BCUT2D eigenvalue weighted by Crippen LogP contribution is 2.17. The molecule has 0 aromatic heterocycles. The molecule has 0 aromatic carbocycles. The highest BCUT2D eigenvalue weighted by atomic mass is 16.5. The second-order valence-electron chi connectivity index (χ2n) is 4.55. The number of amides is 1. The third kappa shape index (κ3) is 4.00. The van der Waals surface area contributed by atoms with Crippen LogP contribution in [-0.2, 0) is 19.1 Å². The third-order valence-electron chi connectivity index (χ3n) is 2.94. The predicted molar refractivity (Wildman–Crippen MR) is 62.4 cm³/mol. The molecule has 1 aliphatic heterocycles. The van der Waals surface area contributed by atoms with E-state index in [1.165, 1.54) is 7.11 Å². The second kappa shape index (κ2) is 6.59. The number of carbonyl (C=O) groups is 2. The van der Waals surface area contributed by atoms with Crippen molar-refractivity contribution in [3.8, 4) is 0 Å². The van der Waals surface area contributed by atoms with E-state index in [9.17, 15) is 9.59 Å². The summed E-state index contributed by atoms with van der Waals surface area (Å²) in [6, 6.07) is -0.0106. The Morgan fingerprint density at radius 3 is 2.65 bits per heavy atom. The van der Waals surface area contributed by atoms with Crippen molar-refractivity contribution in [2.75, 3.05) is 26.9 Å². The molecule has 0 N–H and O–H groups in total. The van der Waals surface area contributed by atoms with Gasteiger partial charge in [0.15, 0.2) is 0 Å². The van der Waals surface area contributed by atoms with E-state index in [2.05, 4.69) is 4.74 Å². The van der Waals surface area contributed by atoms with Crippen molar-refractivity contribution >= 4 is 11.9 Å². The number of hydrogen-bond acceptors (Lipinski definition) is 4. The van der Waals surface area contributed by atoms with Crippen LogP contribution in [0, 0.1) is 5.92 Å². The molecule has 1 atom stereocenters. The van der Waals surface area contributed by atoms with Gasteiger partial charge in [0.25, 0.3) is 0 Å². The summed E-state index contributed by atoms with van der Waals surface area (Å²) in [7, 11) is 1.33. The molecule has 1 unspecified atom stereocenters. The van der Waals surface area contributed by atoms with Gasteiger partial charge in [0.05, 0.1) is 19.6 Å². The van der Waals surface area contributed by atoms with Gasteiger partial charge in [-0.05, 0) is 26.7 Å². The SMILES string of the molecule is COC(=O)CN(C(=O)C1CCCOC1)C(C)C. The maximum atomic E-state index is 12.2. The standard InChI is InChI=1S/C12H21NO4/c1-9(2)13(7-11(14)16-3)12(15)10-5-4-6-17-8-10/h9-10H,4-8H2,1-3H3. The lowest BCUT2D eigenvalue weighted by atomic mass is 10.00. The van der Waals surface area contributed by atoms with Crippen LogP contribution in [0.25, 0.3) is 0 Å². The van der Waals surface area contributed by atoms with Gasteiger partial charge in [-0.3, -0.25) is 9.59 Å². The lowest BCUT2D eigenvalue weighted by Gasteiger charge is -2.31. The Labute approximate surface area is 102 Å². The fourth-order valence-electron chi connectivity index (χ4n) is 1.89. The van der Waals surface area contributed by atoms with E-state index in [4.69, 9.17) is 4.74 Å². The summed E-state index contributed by atoms with van der Waals surface area (Å²) in [5.74, 6) is -0.510. The van der Waals surface area contributed by atoms with Crippen LogP contribution in [-0.4, -0.2) is 49.7 Å². The van der Waals surface area contributed by atoms with Crippen molar-refractivity contribution in [2.45, 2.75) is 32.7 Å². The smallest absolute Gasteiger partial charge is 0.325 e. The molecule has 1 fully saturated rings. The summed E-state index contributed by atoms with van der Waals surface area (Å²) in [6.45, 7) is 4.99. The number of methoxy groups -OCH3 is 1. The number of nitrogens with zero attached hydrogens (tertiary/aromatic N) is 1. The molecule has 5 nitrogen and oxygen atoms in total. The van der Waals surface area contributed by atoms with Crippen LogP contribution in [0.3, 0.4) is 0 Å². The van der Waals surface area contributed by atoms with Crippen LogP contribution in [0.4, 0.5) is 0 Å². The van der Waals surface area contributed by atoms with E-state index >= 15 is 0 Å². The zero-order valence-electron chi connectivity index (χ0n) is 10.8. The average molecular weight is 243 g/mol. The Bertz CT molecular complexity index is 272. The number of ether oxygens (including phenoxy) is 2. The van der Waals surface area contributed by atoms with Gasteiger partial charge >= 0.3 is 5.97 Å². The molecular formula is C12H21NO4. The van der Waals surface area contributed by atoms with Crippen LogP contribution in [0.5, 0.6) is 0 Å². The van der Waals surface area contributed by atoms with Gasteiger partial charge in [-0.1, -0.05) is 0 Å². The molecule has 0 saturated carbocycles. The quantitative estimate of drug-likeness (QED) is 0.686. The fraction of sp³-hybridized carbons (Fsp3) is 0.833. The summed E-state index contributed by atoms with van der Waals surface area (Å²) in [4.78, 5) is 25.1. The highest BCUT2D eigenvalue weighted by Gasteiger charge is 2.29. The van der Waals surface area contributed by atoms with Crippen LogP contribution >= 0.6 is 0 Å². The molecule has 0 aliphatic carbocycles. The first kappa shape index (κ1) is 14.0. The summed E-state index contributed by atoms with van der Waals surface area (Å²) in [5, 5.41) is 0. The minimum absolute atomic E-state index is 0.00917. The second-order valence-corrected chi connectivity index (χ2v) is 4.55. The Balaban J connectivity index is 2.62. The summed E-state index contributed by atoms with van der Waals surface area (Å²) >= 11 is 0. The normalized spacial score (nSPS) is 20.1. The molecule has 0 aromatic rings. The van der Waals surface area contributed by atoms with E-state index in [0.717, 1.165) is 19.4 Å². The van der Waals surface area contributed by atoms with Gasteiger partial charge in [0.2, 0.25) is 5.91 Å². The van der Waals surface area contributed by atoms with Gasteiger partial charge in [-0.2, -0.15) is 0 Å². The molecule has 0 spiro atoms. The molecule has 1 aliphatic rings. The molecule has 0 radical (unpaired) electrons. The van der Waals surface area contributed by atoms with Gasteiger partial charge in [0.1, 0.15) is 6.54 Å². The zero-order chi connectivity index (χ0) is 12.8. The summed E-state index contributed by atoms with van der Waals surface area (Å²) in [6.07, 6.45) is 1.74. The summed E-state index contributed by atoms with van der Waals surface area (Å²) in [5.41, 5.74) is 0. The average Bonchev–Trinajstić information content (AvgIpc) is 2.35. The number of carbonyl (C=O) groups excluding carboxylic acids is 2. The monoisotopic (exact) mass is 243 g/mol. The van der Waals surface area contributed by atoms with E-state index in [-0.39, 0.29) is 30.4 Å². The Kier molecular flexibility index (Phi) is 5.41. The lowest BCUT2D eigenvalue weighted by Crippen LogP contribution is -2.46. The molecular weight excluding hydrogens is 222 g/mol. The molecule has 1 amide bonds. The zero-order valence-corrected chi connectivity index (χ0v) is 10.8. The van der Waals surface area contributed by atoms with E-state index in [1.54, 1.807) is 4.90 Å². The largest absolute Gasteiger partial charge is 0.468 e. The van der Waals surface area contributed by atoms with Crippen molar-refractivity contribution in [3.05, 3.63) is 0 Å². The van der Waals surface area contributed by atoms with Crippen molar-refractivity contribution in [1.82, 2.24) is 4.90 Å². The molecule has 1 heterocycles. The van der Waals surface area contributed by atoms with Gasteiger partial charge < -0.3 is 14.4 Å².